The van der Waals surface area contributed by atoms with Crippen LogP contribution >= 0.6 is 11.6 Å². The molecule has 17 heavy (non-hydrogen) atoms. The van der Waals surface area contributed by atoms with Gasteiger partial charge in [-0.25, -0.2) is 0 Å². The third kappa shape index (κ3) is 3.72. The minimum Gasteiger partial charge on any atom is -0.496 e. The first-order chi connectivity index (χ1) is 7.89. The number of hydrogen-bond acceptors (Lipinski definition) is 3. The summed E-state index contributed by atoms with van der Waals surface area (Å²) in [7, 11) is 1.54. The van der Waals surface area contributed by atoms with Crippen LogP contribution in [0.1, 0.15) is 30.6 Å². The lowest BCUT2D eigenvalue weighted by Gasteiger charge is -2.21. The lowest BCUT2D eigenvalue weighted by Crippen LogP contribution is -2.26. The Labute approximate surface area is 107 Å². The molecule has 0 aromatic heterocycles. The number of Topliss-reactive ketones (excluding diaryl/α,β-unsaturated/α-hetero) is 1. The fourth-order valence-corrected chi connectivity index (χ4v) is 1.67. The largest absolute Gasteiger partial charge is 0.496 e. The van der Waals surface area contributed by atoms with E-state index in [0.29, 0.717) is 29.3 Å². The molecule has 0 saturated heterocycles. The molecule has 2 N–H and O–H groups in total. The van der Waals surface area contributed by atoms with Gasteiger partial charge in [-0.2, -0.15) is 0 Å². The standard InChI is InChI=1S/C13H18ClNO2/c1-13(2,8-15)7-11(16)10-6-9(14)4-5-12(10)17-3/h4-6H,7-8,15H2,1-3H3. The summed E-state index contributed by atoms with van der Waals surface area (Å²) in [6.07, 6.45) is 0.375. The van der Waals surface area contributed by atoms with Crippen molar-refractivity contribution in [3.05, 3.63) is 28.8 Å². The quantitative estimate of drug-likeness (QED) is 0.823. The van der Waals surface area contributed by atoms with Crippen molar-refractivity contribution in [2.24, 2.45) is 11.1 Å². The number of benzene rings is 1. The Bertz CT molecular complexity index is 416. The van der Waals surface area contributed by atoms with Gasteiger partial charge < -0.3 is 10.5 Å². The second-order valence-electron chi connectivity index (χ2n) is 4.81. The topological polar surface area (TPSA) is 52.3 Å². The summed E-state index contributed by atoms with van der Waals surface area (Å²) >= 11 is 5.89. The average molecular weight is 256 g/mol. The first-order valence-electron chi connectivity index (χ1n) is 5.46. The van der Waals surface area contributed by atoms with Gasteiger partial charge in [0.05, 0.1) is 12.7 Å². The number of carbonyl (C=O) groups excluding carboxylic acids is 1. The molecule has 0 unspecified atom stereocenters. The van der Waals surface area contributed by atoms with E-state index in [1.165, 1.54) is 7.11 Å². The second-order valence-corrected chi connectivity index (χ2v) is 5.25. The van der Waals surface area contributed by atoms with E-state index in [2.05, 4.69) is 0 Å². The van der Waals surface area contributed by atoms with Crippen molar-refractivity contribution in [1.29, 1.82) is 0 Å². The smallest absolute Gasteiger partial charge is 0.167 e. The zero-order chi connectivity index (χ0) is 13.1. The van der Waals surface area contributed by atoms with Gasteiger partial charge in [0.1, 0.15) is 5.75 Å². The maximum atomic E-state index is 12.2. The Balaban J connectivity index is 2.99. The van der Waals surface area contributed by atoms with Crippen LogP contribution in [0, 0.1) is 5.41 Å². The number of carbonyl (C=O) groups is 1. The summed E-state index contributed by atoms with van der Waals surface area (Å²) in [5.74, 6) is 0.548. The molecule has 0 aliphatic carbocycles. The summed E-state index contributed by atoms with van der Waals surface area (Å²) in [5, 5.41) is 0.528. The highest BCUT2D eigenvalue weighted by molar-refractivity contribution is 6.31. The number of halogens is 1. The number of ketones is 1. The van der Waals surface area contributed by atoms with Gasteiger partial charge in [-0.3, -0.25) is 4.79 Å². The molecule has 1 aromatic rings. The van der Waals surface area contributed by atoms with Crippen LogP contribution in [-0.2, 0) is 0 Å². The van der Waals surface area contributed by atoms with E-state index in [4.69, 9.17) is 22.1 Å². The van der Waals surface area contributed by atoms with Crippen molar-refractivity contribution in [3.63, 3.8) is 0 Å². The van der Waals surface area contributed by atoms with E-state index in [-0.39, 0.29) is 11.2 Å². The Morgan fingerprint density at radius 1 is 1.47 bits per heavy atom. The van der Waals surface area contributed by atoms with E-state index in [1.807, 2.05) is 13.8 Å². The van der Waals surface area contributed by atoms with Crippen LogP contribution < -0.4 is 10.5 Å². The Hall–Kier alpha value is -1.06. The van der Waals surface area contributed by atoms with Crippen molar-refractivity contribution in [3.8, 4) is 5.75 Å². The molecule has 0 bridgehead atoms. The van der Waals surface area contributed by atoms with Gasteiger partial charge in [0, 0.05) is 11.4 Å². The molecular weight excluding hydrogens is 238 g/mol. The summed E-state index contributed by atoms with van der Waals surface area (Å²) in [6, 6.07) is 5.03. The van der Waals surface area contributed by atoms with E-state index in [0.717, 1.165) is 0 Å². The van der Waals surface area contributed by atoms with Crippen molar-refractivity contribution >= 4 is 17.4 Å². The molecule has 0 aliphatic heterocycles. The molecule has 0 aliphatic rings. The second kappa shape index (κ2) is 5.52. The van der Waals surface area contributed by atoms with Crippen molar-refractivity contribution in [1.82, 2.24) is 0 Å². The third-order valence-corrected chi connectivity index (χ3v) is 2.89. The third-order valence-electron chi connectivity index (χ3n) is 2.65. The number of rotatable bonds is 5. The van der Waals surface area contributed by atoms with Crippen LogP contribution in [0.5, 0.6) is 5.75 Å². The maximum absolute atomic E-state index is 12.2. The molecule has 0 fully saturated rings. The summed E-state index contributed by atoms with van der Waals surface area (Å²) in [5.41, 5.74) is 5.92. The number of ether oxygens (including phenoxy) is 1. The first-order valence-corrected chi connectivity index (χ1v) is 5.84. The Morgan fingerprint density at radius 2 is 2.12 bits per heavy atom. The molecule has 0 heterocycles. The van der Waals surface area contributed by atoms with Crippen LogP contribution in [0.15, 0.2) is 18.2 Å². The SMILES string of the molecule is COc1ccc(Cl)cc1C(=O)CC(C)(C)CN. The Kier molecular flexibility index (Phi) is 4.54. The minimum absolute atomic E-state index is 0.000185. The Morgan fingerprint density at radius 3 is 2.65 bits per heavy atom. The zero-order valence-electron chi connectivity index (χ0n) is 10.4. The van der Waals surface area contributed by atoms with Crippen molar-refractivity contribution < 1.29 is 9.53 Å². The average Bonchev–Trinajstić information content (AvgIpc) is 2.28. The number of methoxy groups -OCH3 is 1. The van der Waals surface area contributed by atoms with Gasteiger partial charge in [0.2, 0.25) is 0 Å². The molecule has 0 atom stereocenters. The van der Waals surface area contributed by atoms with Gasteiger partial charge in [-0.15, -0.1) is 0 Å². The van der Waals surface area contributed by atoms with Gasteiger partial charge in [-0.1, -0.05) is 25.4 Å². The van der Waals surface area contributed by atoms with E-state index in [1.54, 1.807) is 18.2 Å². The van der Waals surface area contributed by atoms with Crippen LogP contribution in [-0.4, -0.2) is 19.4 Å². The molecule has 0 amide bonds. The molecule has 94 valence electrons. The van der Waals surface area contributed by atoms with Gasteiger partial charge >= 0.3 is 0 Å². The molecule has 0 saturated carbocycles. The number of hydrogen-bond donors (Lipinski definition) is 1. The summed E-state index contributed by atoms with van der Waals surface area (Å²) in [6.45, 7) is 4.38. The van der Waals surface area contributed by atoms with E-state index < -0.39 is 0 Å². The number of nitrogens with two attached hydrogens (primary N) is 1. The minimum atomic E-state index is -0.218. The predicted molar refractivity (Wildman–Crippen MR) is 69.8 cm³/mol. The summed E-state index contributed by atoms with van der Waals surface area (Å²) < 4.78 is 5.16. The molecule has 4 heteroatoms. The highest BCUT2D eigenvalue weighted by Gasteiger charge is 2.23. The van der Waals surface area contributed by atoms with Gasteiger partial charge in [0.25, 0.3) is 0 Å². The monoisotopic (exact) mass is 255 g/mol. The highest BCUT2D eigenvalue weighted by atomic mass is 35.5. The zero-order valence-corrected chi connectivity index (χ0v) is 11.2. The van der Waals surface area contributed by atoms with E-state index in [9.17, 15) is 4.79 Å². The molecule has 1 aromatic carbocycles. The molecule has 0 radical (unpaired) electrons. The molecule has 1 rings (SSSR count). The van der Waals surface area contributed by atoms with Crippen LogP contribution in [0.2, 0.25) is 5.02 Å². The summed E-state index contributed by atoms with van der Waals surface area (Å²) in [4.78, 5) is 12.2. The normalized spacial score (nSPS) is 11.4. The van der Waals surface area contributed by atoms with Crippen LogP contribution in [0.25, 0.3) is 0 Å². The predicted octanol–water partition coefficient (Wildman–Crippen LogP) is 2.91. The maximum Gasteiger partial charge on any atom is 0.167 e. The molecule has 3 nitrogen and oxygen atoms in total. The van der Waals surface area contributed by atoms with Crippen LogP contribution in [0.4, 0.5) is 0 Å². The van der Waals surface area contributed by atoms with Gasteiger partial charge in [-0.05, 0) is 30.2 Å². The lowest BCUT2D eigenvalue weighted by molar-refractivity contribution is 0.0932. The molecular formula is C13H18ClNO2. The first kappa shape index (κ1) is 14.0. The fraction of sp³-hybridized carbons (Fsp3) is 0.462. The van der Waals surface area contributed by atoms with Crippen molar-refractivity contribution in [2.45, 2.75) is 20.3 Å². The van der Waals surface area contributed by atoms with E-state index >= 15 is 0 Å². The highest BCUT2D eigenvalue weighted by Crippen LogP contribution is 2.28. The van der Waals surface area contributed by atoms with Crippen LogP contribution in [0.3, 0.4) is 0 Å². The van der Waals surface area contributed by atoms with Gasteiger partial charge in [0.15, 0.2) is 5.78 Å². The lowest BCUT2D eigenvalue weighted by atomic mass is 9.85. The fourth-order valence-electron chi connectivity index (χ4n) is 1.50. The molecule has 0 spiro atoms. The van der Waals surface area contributed by atoms with Crippen molar-refractivity contribution in [2.75, 3.05) is 13.7 Å².